The number of aromatic nitrogens is 1. The van der Waals surface area contributed by atoms with Crippen LogP contribution in [0.1, 0.15) is 20.7 Å². The molecule has 1 heterocycles. The summed E-state index contributed by atoms with van der Waals surface area (Å²) in [5, 5.41) is 1.19. The number of fused-ring (bicyclic) bond motifs is 1. The third-order valence-electron chi connectivity index (χ3n) is 4.52. The van der Waals surface area contributed by atoms with Gasteiger partial charge >= 0.3 is 5.97 Å². The maximum Gasteiger partial charge on any atom is 0.339 e. The van der Waals surface area contributed by atoms with E-state index < -0.39 is 5.97 Å². The lowest BCUT2D eigenvalue weighted by atomic mass is 10.0. The van der Waals surface area contributed by atoms with Crippen molar-refractivity contribution >= 4 is 34.3 Å². The lowest BCUT2D eigenvalue weighted by Crippen LogP contribution is -2.15. The number of ether oxygens (including phenoxy) is 1. The van der Waals surface area contributed by atoms with E-state index in [2.05, 4.69) is 4.98 Å². The quantitative estimate of drug-likeness (QED) is 0.323. The molecule has 0 aliphatic rings. The van der Waals surface area contributed by atoms with Crippen LogP contribution in [0.15, 0.2) is 84.9 Å². The van der Waals surface area contributed by atoms with Crippen molar-refractivity contribution in [3.8, 4) is 11.3 Å². The van der Waals surface area contributed by atoms with Crippen LogP contribution in [0.5, 0.6) is 0 Å². The zero-order valence-electron chi connectivity index (χ0n) is 15.3. The zero-order valence-corrected chi connectivity index (χ0v) is 16.1. The van der Waals surface area contributed by atoms with Crippen molar-refractivity contribution in [1.29, 1.82) is 0 Å². The number of benzene rings is 3. The number of hydrogen-bond acceptors (Lipinski definition) is 4. The van der Waals surface area contributed by atoms with Crippen molar-refractivity contribution in [2.24, 2.45) is 0 Å². The van der Waals surface area contributed by atoms with Gasteiger partial charge < -0.3 is 4.74 Å². The highest BCUT2D eigenvalue weighted by atomic mass is 35.5. The second kappa shape index (κ2) is 8.25. The number of esters is 1. The van der Waals surface area contributed by atoms with Gasteiger partial charge in [-0.3, -0.25) is 4.79 Å². The van der Waals surface area contributed by atoms with Gasteiger partial charge in [-0.15, -0.1) is 0 Å². The van der Waals surface area contributed by atoms with E-state index >= 15 is 0 Å². The summed E-state index contributed by atoms with van der Waals surface area (Å²) in [5.74, 6) is -0.843. The van der Waals surface area contributed by atoms with Crippen LogP contribution in [0.25, 0.3) is 22.2 Å². The van der Waals surface area contributed by atoms with Gasteiger partial charge in [0.1, 0.15) is 0 Å². The van der Waals surface area contributed by atoms with Crippen LogP contribution in [0.4, 0.5) is 0 Å². The van der Waals surface area contributed by atoms with Crippen molar-refractivity contribution in [2.75, 3.05) is 6.61 Å². The topological polar surface area (TPSA) is 56.3 Å². The molecule has 0 aliphatic carbocycles. The van der Waals surface area contributed by atoms with Gasteiger partial charge in [0, 0.05) is 21.5 Å². The number of Topliss-reactive ketones (excluding diaryl/α,β-unsaturated/α-hetero) is 1. The van der Waals surface area contributed by atoms with E-state index in [0.717, 1.165) is 0 Å². The Bertz CT molecular complexity index is 1210. The average Bonchev–Trinajstić information content (AvgIpc) is 2.77. The van der Waals surface area contributed by atoms with Gasteiger partial charge in [0.2, 0.25) is 0 Å². The largest absolute Gasteiger partial charge is 0.454 e. The molecular weight excluding hydrogens is 386 g/mol. The van der Waals surface area contributed by atoms with E-state index in [1.165, 1.54) is 0 Å². The molecule has 0 fully saturated rings. The summed E-state index contributed by atoms with van der Waals surface area (Å²) in [5.41, 5.74) is 2.76. The zero-order chi connectivity index (χ0) is 20.2. The first-order valence-electron chi connectivity index (χ1n) is 9.03. The van der Waals surface area contributed by atoms with E-state index in [-0.39, 0.29) is 12.4 Å². The molecule has 0 amide bonds. The van der Waals surface area contributed by atoms with Gasteiger partial charge in [0.15, 0.2) is 12.4 Å². The van der Waals surface area contributed by atoms with Crippen LogP contribution in [0, 0.1) is 0 Å². The minimum Gasteiger partial charge on any atom is -0.454 e. The molecule has 0 aliphatic heterocycles. The average molecular weight is 402 g/mol. The fourth-order valence-corrected chi connectivity index (χ4v) is 3.30. The molecule has 4 nitrogen and oxygen atoms in total. The van der Waals surface area contributed by atoms with E-state index in [9.17, 15) is 9.59 Å². The molecule has 0 bridgehead atoms. The van der Waals surface area contributed by atoms with Crippen molar-refractivity contribution in [2.45, 2.75) is 0 Å². The molecule has 0 spiro atoms. The molecule has 0 N–H and O–H groups in total. The smallest absolute Gasteiger partial charge is 0.339 e. The molecule has 5 heteroatoms. The van der Waals surface area contributed by atoms with Crippen molar-refractivity contribution in [3.63, 3.8) is 0 Å². The summed E-state index contributed by atoms with van der Waals surface area (Å²) in [4.78, 5) is 29.7. The van der Waals surface area contributed by atoms with Crippen LogP contribution in [-0.2, 0) is 4.74 Å². The van der Waals surface area contributed by atoms with Gasteiger partial charge in [0.05, 0.1) is 16.8 Å². The van der Waals surface area contributed by atoms with Gasteiger partial charge in [0.25, 0.3) is 0 Å². The van der Waals surface area contributed by atoms with E-state index in [1.54, 1.807) is 42.5 Å². The van der Waals surface area contributed by atoms with Gasteiger partial charge in [-0.05, 0) is 18.2 Å². The number of carbonyl (C=O) groups is 2. The minimum absolute atomic E-state index is 0.261. The van der Waals surface area contributed by atoms with Crippen LogP contribution >= 0.6 is 11.6 Å². The lowest BCUT2D eigenvalue weighted by molar-refractivity contribution is 0.0476. The Morgan fingerprint density at radius 2 is 1.55 bits per heavy atom. The highest BCUT2D eigenvalue weighted by Crippen LogP contribution is 2.30. The number of carbonyl (C=O) groups excluding carboxylic acids is 2. The molecule has 4 aromatic rings. The molecule has 0 saturated heterocycles. The highest BCUT2D eigenvalue weighted by Gasteiger charge is 2.17. The van der Waals surface area contributed by atoms with E-state index in [0.29, 0.717) is 38.3 Å². The molecule has 4 rings (SSSR count). The fraction of sp³-hybridized carbons (Fsp3) is 0.0417. The third-order valence-corrected chi connectivity index (χ3v) is 4.85. The number of halogens is 1. The fourth-order valence-electron chi connectivity index (χ4n) is 3.07. The normalized spacial score (nSPS) is 10.7. The lowest BCUT2D eigenvalue weighted by Gasteiger charge is -2.11. The van der Waals surface area contributed by atoms with Crippen molar-refractivity contribution in [3.05, 3.63) is 101 Å². The summed E-state index contributed by atoms with van der Waals surface area (Å²) >= 11 is 6.31. The van der Waals surface area contributed by atoms with Crippen LogP contribution in [0.2, 0.25) is 5.02 Å². The summed E-state index contributed by atoms with van der Waals surface area (Å²) < 4.78 is 5.32. The predicted molar refractivity (Wildman–Crippen MR) is 113 cm³/mol. The predicted octanol–water partition coefficient (Wildman–Crippen LogP) is 5.59. The standard InChI is InChI=1S/C24H16ClNO3/c25-20-12-6-4-11-18(20)22-14-19(17-10-5-7-13-21(17)26-22)24(28)29-15-23(27)16-8-2-1-3-9-16/h1-14H,15H2. The summed E-state index contributed by atoms with van der Waals surface area (Å²) in [6, 6.07) is 25.0. The second-order valence-electron chi connectivity index (χ2n) is 6.42. The van der Waals surface area contributed by atoms with Crippen LogP contribution < -0.4 is 0 Å². The van der Waals surface area contributed by atoms with Crippen LogP contribution in [-0.4, -0.2) is 23.3 Å². The number of pyridine rings is 1. The summed E-state index contributed by atoms with van der Waals surface area (Å²) in [6.45, 7) is -0.332. The Labute approximate surface area is 172 Å². The first-order chi connectivity index (χ1) is 14.1. The maximum atomic E-state index is 12.8. The van der Waals surface area contributed by atoms with Gasteiger partial charge in [-0.2, -0.15) is 0 Å². The molecule has 142 valence electrons. The number of nitrogens with zero attached hydrogens (tertiary/aromatic N) is 1. The molecule has 0 saturated carbocycles. The molecule has 29 heavy (non-hydrogen) atoms. The maximum absolute atomic E-state index is 12.8. The van der Waals surface area contributed by atoms with Crippen molar-refractivity contribution < 1.29 is 14.3 Å². The number of ketones is 1. The first-order valence-corrected chi connectivity index (χ1v) is 9.41. The van der Waals surface area contributed by atoms with Gasteiger partial charge in [-0.1, -0.05) is 78.3 Å². The molecular formula is C24H16ClNO3. The van der Waals surface area contributed by atoms with E-state index in [4.69, 9.17) is 16.3 Å². The number of hydrogen-bond donors (Lipinski definition) is 0. The molecule has 1 aromatic heterocycles. The molecule has 0 radical (unpaired) electrons. The Hall–Kier alpha value is -3.50. The van der Waals surface area contributed by atoms with E-state index in [1.807, 2.05) is 42.5 Å². The molecule has 0 atom stereocenters. The minimum atomic E-state index is -0.582. The second-order valence-corrected chi connectivity index (χ2v) is 6.82. The number of para-hydroxylation sites is 1. The summed E-state index contributed by atoms with van der Waals surface area (Å²) in [6.07, 6.45) is 0. The third kappa shape index (κ3) is 4.03. The highest BCUT2D eigenvalue weighted by molar-refractivity contribution is 6.33. The molecule has 3 aromatic carbocycles. The molecule has 0 unspecified atom stereocenters. The van der Waals surface area contributed by atoms with Crippen LogP contribution in [0.3, 0.4) is 0 Å². The Morgan fingerprint density at radius 3 is 2.34 bits per heavy atom. The summed E-state index contributed by atoms with van der Waals surface area (Å²) in [7, 11) is 0. The first kappa shape index (κ1) is 18.8. The number of rotatable bonds is 5. The monoisotopic (exact) mass is 401 g/mol. The van der Waals surface area contributed by atoms with Gasteiger partial charge in [-0.25, -0.2) is 9.78 Å². The SMILES string of the molecule is O=C(COC(=O)c1cc(-c2ccccc2Cl)nc2ccccc12)c1ccccc1. The Kier molecular flexibility index (Phi) is 5.36. The Balaban J connectivity index is 1.68. The Morgan fingerprint density at radius 1 is 0.862 bits per heavy atom. The van der Waals surface area contributed by atoms with Crippen molar-refractivity contribution in [1.82, 2.24) is 4.98 Å².